The number of anilines is 1. The van der Waals surface area contributed by atoms with E-state index in [0.29, 0.717) is 10.7 Å². The lowest BCUT2D eigenvalue weighted by molar-refractivity contribution is 0.0697. The van der Waals surface area contributed by atoms with Gasteiger partial charge in [0.05, 0.1) is 17.2 Å². The molecule has 0 aliphatic heterocycles. The Morgan fingerprint density at radius 2 is 2.08 bits per heavy atom. The Labute approximate surface area is 156 Å². The van der Waals surface area contributed by atoms with Crippen LogP contribution < -0.4 is 5.32 Å². The van der Waals surface area contributed by atoms with Crippen LogP contribution in [0, 0.1) is 6.92 Å². The summed E-state index contributed by atoms with van der Waals surface area (Å²) >= 11 is 6.22. The Bertz CT molecular complexity index is 1020. The number of carboxylic acids is 1. The molecular formula is C21H19ClN2O2. The molecule has 4 rings (SSSR count). The number of carbonyl (C=O) groups is 1. The minimum atomic E-state index is -0.987. The molecule has 1 aliphatic rings. The molecule has 1 atom stereocenters. The fourth-order valence-corrected chi connectivity index (χ4v) is 3.93. The highest BCUT2D eigenvalue weighted by molar-refractivity contribution is 6.32. The molecule has 0 bridgehead atoms. The van der Waals surface area contributed by atoms with Crippen LogP contribution in [-0.2, 0) is 6.42 Å². The molecule has 0 radical (unpaired) electrons. The summed E-state index contributed by atoms with van der Waals surface area (Å²) in [6, 6.07) is 12.1. The van der Waals surface area contributed by atoms with Crippen molar-refractivity contribution in [2.75, 3.05) is 5.32 Å². The molecule has 132 valence electrons. The molecule has 4 nitrogen and oxygen atoms in total. The first-order chi connectivity index (χ1) is 12.6. The van der Waals surface area contributed by atoms with Crippen LogP contribution in [0.3, 0.4) is 0 Å². The third-order valence-electron chi connectivity index (χ3n) is 5.14. The maximum atomic E-state index is 11.8. The fourth-order valence-electron chi connectivity index (χ4n) is 3.78. The van der Waals surface area contributed by atoms with Gasteiger partial charge in [-0.1, -0.05) is 35.9 Å². The Kier molecular flexibility index (Phi) is 4.29. The lowest BCUT2D eigenvalue weighted by Gasteiger charge is -2.28. The lowest BCUT2D eigenvalue weighted by Crippen LogP contribution is -2.19. The van der Waals surface area contributed by atoms with Crippen molar-refractivity contribution >= 4 is 34.2 Å². The van der Waals surface area contributed by atoms with E-state index >= 15 is 0 Å². The average Bonchev–Trinajstić information content (AvgIpc) is 2.65. The zero-order valence-corrected chi connectivity index (χ0v) is 15.2. The third-order valence-corrected chi connectivity index (χ3v) is 5.55. The predicted octanol–water partition coefficient (Wildman–Crippen LogP) is 5.38. The number of carboxylic acid groups (broad SMARTS) is 1. The topological polar surface area (TPSA) is 62.2 Å². The fraction of sp³-hybridized carbons (Fsp3) is 0.238. The smallest absolute Gasteiger partial charge is 0.339 e. The normalized spacial score (nSPS) is 16.3. The van der Waals surface area contributed by atoms with E-state index in [0.717, 1.165) is 35.7 Å². The highest BCUT2D eigenvalue weighted by Gasteiger charge is 2.23. The van der Waals surface area contributed by atoms with Crippen molar-refractivity contribution in [3.05, 3.63) is 69.9 Å². The highest BCUT2D eigenvalue weighted by Crippen LogP contribution is 2.37. The van der Waals surface area contributed by atoms with Gasteiger partial charge in [0.25, 0.3) is 0 Å². The first-order valence-corrected chi connectivity index (χ1v) is 9.09. The summed E-state index contributed by atoms with van der Waals surface area (Å²) in [5, 5.41) is 14.6. The molecule has 26 heavy (non-hydrogen) atoms. The minimum Gasteiger partial charge on any atom is -0.478 e. The lowest BCUT2D eigenvalue weighted by atomic mass is 9.87. The molecule has 0 saturated heterocycles. The molecule has 1 heterocycles. The number of benzene rings is 2. The Balaban J connectivity index is 1.87. The standard InChI is InChI=1S/C21H19ClN2O2/c1-12-17(22)10-9-15-19(12)23-11-16(21(25)26)20(15)24-18-8-4-6-13-5-2-3-7-14(13)18/h2-3,5,7,9-11,18H,4,6,8H2,1H3,(H,23,24)(H,25,26). The van der Waals surface area contributed by atoms with Crippen LogP contribution in [-0.4, -0.2) is 16.1 Å². The van der Waals surface area contributed by atoms with Crippen LogP contribution >= 0.6 is 11.6 Å². The summed E-state index contributed by atoms with van der Waals surface area (Å²) in [5.74, 6) is -0.987. The molecule has 0 saturated carbocycles. The number of aromatic nitrogens is 1. The van der Waals surface area contributed by atoms with Crippen molar-refractivity contribution in [2.45, 2.75) is 32.2 Å². The van der Waals surface area contributed by atoms with Crippen molar-refractivity contribution in [3.8, 4) is 0 Å². The maximum absolute atomic E-state index is 11.8. The van der Waals surface area contributed by atoms with Gasteiger partial charge < -0.3 is 10.4 Å². The molecule has 1 aromatic heterocycles. The van der Waals surface area contributed by atoms with Crippen LogP contribution in [0.2, 0.25) is 5.02 Å². The number of nitrogens with zero attached hydrogens (tertiary/aromatic N) is 1. The molecule has 0 amide bonds. The molecule has 2 N–H and O–H groups in total. The Morgan fingerprint density at radius 3 is 2.88 bits per heavy atom. The van der Waals surface area contributed by atoms with Gasteiger partial charge >= 0.3 is 5.97 Å². The van der Waals surface area contributed by atoms with Gasteiger partial charge in [-0.2, -0.15) is 0 Å². The summed E-state index contributed by atoms with van der Waals surface area (Å²) in [5.41, 5.74) is 4.95. The number of nitrogens with one attached hydrogen (secondary N) is 1. The van der Waals surface area contributed by atoms with Crippen molar-refractivity contribution in [1.29, 1.82) is 0 Å². The summed E-state index contributed by atoms with van der Waals surface area (Å²) in [4.78, 5) is 16.2. The maximum Gasteiger partial charge on any atom is 0.339 e. The quantitative estimate of drug-likeness (QED) is 0.652. The van der Waals surface area contributed by atoms with Crippen molar-refractivity contribution in [2.24, 2.45) is 0 Å². The van der Waals surface area contributed by atoms with Crippen LogP contribution in [0.15, 0.2) is 42.6 Å². The van der Waals surface area contributed by atoms with Crippen molar-refractivity contribution < 1.29 is 9.90 Å². The van der Waals surface area contributed by atoms with Gasteiger partial charge in [0.15, 0.2) is 0 Å². The Morgan fingerprint density at radius 1 is 1.27 bits per heavy atom. The average molecular weight is 367 g/mol. The number of hydrogen-bond donors (Lipinski definition) is 2. The van der Waals surface area contributed by atoms with Gasteiger partial charge in [0, 0.05) is 16.6 Å². The number of halogens is 1. The predicted molar refractivity (Wildman–Crippen MR) is 104 cm³/mol. The number of rotatable bonds is 3. The molecule has 1 aliphatic carbocycles. The van der Waals surface area contributed by atoms with Crippen LogP contribution in [0.5, 0.6) is 0 Å². The van der Waals surface area contributed by atoms with E-state index in [1.165, 1.54) is 17.3 Å². The summed E-state index contributed by atoms with van der Waals surface area (Å²) < 4.78 is 0. The van der Waals surface area contributed by atoms with E-state index in [-0.39, 0.29) is 11.6 Å². The van der Waals surface area contributed by atoms with Gasteiger partial charge in [0.2, 0.25) is 0 Å². The monoisotopic (exact) mass is 366 g/mol. The molecule has 2 aromatic carbocycles. The number of aryl methyl sites for hydroxylation is 2. The molecule has 1 unspecified atom stereocenters. The number of fused-ring (bicyclic) bond motifs is 2. The van der Waals surface area contributed by atoms with E-state index in [4.69, 9.17) is 11.6 Å². The second kappa shape index (κ2) is 6.61. The minimum absolute atomic E-state index is 0.0830. The van der Waals surface area contributed by atoms with E-state index in [1.807, 2.05) is 19.1 Å². The third kappa shape index (κ3) is 2.80. The van der Waals surface area contributed by atoms with Crippen LogP contribution in [0.1, 0.15) is 45.9 Å². The van der Waals surface area contributed by atoms with E-state index in [9.17, 15) is 9.90 Å². The summed E-state index contributed by atoms with van der Waals surface area (Å²) in [6.45, 7) is 1.90. The Hall–Kier alpha value is -2.59. The van der Waals surface area contributed by atoms with Gasteiger partial charge in [-0.25, -0.2) is 4.79 Å². The number of pyridine rings is 1. The van der Waals surface area contributed by atoms with Gasteiger partial charge in [-0.3, -0.25) is 4.98 Å². The summed E-state index contributed by atoms with van der Waals surface area (Å²) in [6.07, 6.45) is 4.52. The molecule has 3 aromatic rings. The molecule has 0 fully saturated rings. The highest BCUT2D eigenvalue weighted by atomic mass is 35.5. The van der Waals surface area contributed by atoms with Crippen molar-refractivity contribution in [3.63, 3.8) is 0 Å². The molecule has 5 heteroatoms. The summed E-state index contributed by atoms with van der Waals surface area (Å²) in [7, 11) is 0. The van der Waals surface area contributed by atoms with Gasteiger partial charge in [0.1, 0.15) is 5.56 Å². The largest absolute Gasteiger partial charge is 0.478 e. The first-order valence-electron chi connectivity index (χ1n) is 8.71. The molecule has 0 spiro atoms. The zero-order chi connectivity index (χ0) is 18.3. The van der Waals surface area contributed by atoms with E-state index in [1.54, 1.807) is 6.07 Å². The van der Waals surface area contributed by atoms with Crippen LogP contribution in [0.4, 0.5) is 5.69 Å². The zero-order valence-electron chi connectivity index (χ0n) is 14.4. The van der Waals surface area contributed by atoms with Gasteiger partial charge in [-0.15, -0.1) is 0 Å². The number of hydrogen-bond acceptors (Lipinski definition) is 3. The van der Waals surface area contributed by atoms with E-state index < -0.39 is 5.97 Å². The second-order valence-electron chi connectivity index (χ2n) is 6.71. The first kappa shape index (κ1) is 16.9. The molecular weight excluding hydrogens is 348 g/mol. The van der Waals surface area contributed by atoms with Crippen LogP contribution in [0.25, 0.3) is 10.9 Å². The van der Waals surface area contributed by atoms with Gasteiger partial charge in [-0.05, 0) is 55.0 Å². The SMILES string of the molecule is Cc1c(Cl)ccc2c(NC3CCCc4ccccc43)c(C(=O)O)cnc12. The van der Waals surface area contributed by atoms with Crippen molar-refractivity contribution in [1.82, 2.24) is 4.98 Å². The second-order valence-corrected chi connectivity index (χ2v) is 7.12. The number of aromatic carboxylic acids is 1. The van der Waals surface area contributed by atoms with E-state index in [2.05, 4.69) is 28.5 Å².